The summed E-state index contributed by atoms with van der Waals surface area (Å²) in [6.45, 7) is 4.62. The highest BCUT2D eigenvalue weighted by Crippen LogP contribution is 2.30. The number of hydrogen-bond acceptors (Lipinski definition) is 4. The van der Waals surface area contributed by atoms with E-state index in [0.29, 0.717) is 19.4 Å². The van der Waals surface area contributed by atoms with Crippen molar-refractivity contribution in [2.45, 2.75) is 26.1 Å². The number of ether oxygens (including phenoxy) is 1. The number of nitrogens with zero attached hydrogens (tertiary/aromatic N) is 2. The lowest BCUT2D eigenvalue weighted by Crippen LogP contribution is -2.46. The Morgan fingerprint density at radius 2 is 2.00 bits per heavy atom. The smallest absolute Gasteiger partial charge is 0.320 e. The highest BCUT2D eigenvalue weighted by atomic mass is 19.1. The van der Waals surface area contributed by atoms with Crippen LogP contribution in [0.2, 0.25) is 0 Å². The quantitative estimate of drug-likeness (QED) is 0.679. The summed E-state index contributed by atoms with van der Waals surface area (Å²) in [6, 6.07) is 2.06. The molecule has 0 radical (unpaired) electrons. The van der Waals surface area contributed by atoms with E-state index in [0.717, 1.165) is 12.1 Å². The van der Waals surface area contributed by atoms with Crippen LogP contribution in [0.1, 0.15) is 24.2 Å². The molecule has 1 heterocycles. The number of hydrogen-bond donors (Lipinski definition) is 1. The monoisotopic (exact) mass is 283 g/mol. The van der Waals surface area contributed by atoms with Crippen LogP contribution in [-0.2, 0) is 4.74 Å². The number of carbonyl (C=O) groups excluding carboxylic acids is 1. The summed E-state index contributed by atoms with van der Waals surface area (Å²) in [4.78, 5) is 23.2. The molecule has 0 saturated carbocycles. The fourth-order valence-electron chi connectivity index (χ4n) is 2.50. The molecule has 0 bridgehead atoms. The van der Waals surface area contributed by atoms with Crippen LogP contribution in [-0.4, -0.2) is 41.7 Å². The summed E-state index contributed by atoms with van der Waals surface area (Å²) in [7, 11) is 0. The fourth-order valence-corrected chi connectivity index (χ4v) is 2.50. The summed E-state index contributed by atoms with van der Waals surface area (Å²) in [5.74, 6) is -0.721. The minimum absolute atomic E-state index is 0.0243. The number of carbonyl (C=O) groups is 1. The fraction of sp³-hybridized carbons (Fsp3) is 0.462. The molecule has 6 nitrogen and oxygen atoms in total. The lowest BCUT2D eigenvalue weighted by molar-refractivity contribution is -0.729. The van der Waals surface area contributed by atoms with Crippen molar-refractivity contribution >= 4 is 17.7 Å². The third-order valence-electron chi connectivity index (χ3n) is 3.16. The molecule has 2 atom stereocenters. The Morgan fingerprint density at radius 1 is 1.40 bits per heavy atom. The Kier molecular flexibility index (Phi) is 3.99. The number of morpholine rings is 1. The van der Waals surface area contributed by atoms with Gasteiger partial charge in [0.05, 0.1) is 28.9 Å². The van der Waals surface area contributed by atoms with Gasteiger partial charge >= 0.3 is 5.69 Å². The van der Waals surface area contributed by atoms with Crippen LogP contribution < -0.4 is 4.90 Å². The molecule has 1 aliphatic rings. The zero-order valence-electron chi connectivity index (χ0n) is 11.2. The Morgan fingerprint density at radius 3 is 2.50 bits per heavy atom. The van der Waals surface area contributed by atoms with Crippen LogP contribution in [0.15, 0.2) is 12.1 Å². The first-order valence-electron chi connectivity index (χ1n) is 6.27. The maximum Gasteiger partial charge on any atom is 0.320 e. The van der Waals surface area contributed by atoms with Crippen molar-refractivity contribution in [1.82, 2.24) is 0 Å². The Bertz CT molecular complexity index is 539. The van der Waals surface area contributed by atoms with E-state index < -0.39 is 10.7 Å². The molecule has 0 aromatic heterocycles. The topological polar surface area (TPSA) is 69.8 Å². The van der Waals surface area contributed by atoms with Crippen molar-refractivity contribution in [3.8, 4) is 0 Å². The second-order valence-corrected chi connectivity index (χ2v) is 4.92. The summed E-state index contributed by atoms with van der Waals surface area (Å²) in [5.41, 5.74) is -0.161. The molecule has 0 spiro atoms. The van der Waals surface area contributed by atoms with Crippen molar-refractivity contribution in [2.75, 3.05) is 18.0 Å². The van der Waals surface area contributed by atoms with E-state index >= 15 is 0 Å². The predicted molar refractivity (Wildman–Crippen MR) is 69.1 cm³/mol. The highest BCUT2D eigenvalue weighted by Gasteiger charge is 2.28. The lowest BCUT2D eigenvalue weighted by atomic mass is 10.1. The van der Waals surface area contributed by atoms with Gasteiger partial charge in [0, 0.05) is 24.7 Å². The van der Waals surface area contributed by atoms with E-state index in [-0.39, 0.29) is 29.1 Å². The van der Waals surface area contributed by atoms with Gasteiger partial charge in [0.1, 0.15) is 0 Å². The van der Waals surface area contributed by atoms with Crippen molar-refractivity contribution in [3.63, 3.8) is 0 Å². The second-order valence-electron chi connectivity index (χ2n) is 4.92. The summed E-state index contributed by atoms with van der Waals surface area (Å²) < 4.78 is 19.7. The van der Waals surface area contributed by atoms with E-state index in [9.17, 15) is 14.1 Å². The molecule has 1 aliphatic heterocycles. The van der Waals surface area contributed by atoms with Crippen LogP contribution in [0.3, 0.4) is 0 Å². The van der Waals surface area contributed by atoms with E-state index in [2.05, 4.69) is 0 Å². The molecule has 1 aromatic carbocycles. The lowest BCUT2D eigenvalue weighted by Gasteiger charge is -2.37. The van der Waals surface area contributed by atoms with Crippen molar-refractivity contribution in [2.24, 2.45) is 0 Å². The van der Waals surface area contributed by atoms with Gasteiger partial charge in [-0.1, -0.05) is 0 Å². The van der Waals surface area contributed by atoms with Gasteiger partial charge in [-0.05, 0) is 13.8 Å². The van der Waals surface area contributed by atoms with E-state index in [1.54, 1.807) is 4.90 Å². The summed E-state index contributed by atoms with van der Waals surface area (Å²) in [6.07, 6.45) is 0.285. The minimum Gasteiger partial charge on any atom is -0.372 e. The maximum atomic E-state index is 14.2. The van der Waals surface area contributed by atoms with Gasteiger partial charge in [-0.15, -0.1) is 0 Å². The van der Waals surface area contributed by atoms with Crippen LogP contribution in [0.25, 0.3) is 0 Å². The molecule has 0 aliphatic carbocycles. The van der Waals surface area contributed by atoms with Crippen LogP contribution in [0.4, 0.5) is 15.8 Å². The number of aldehydes is 1. The zero-order chi connectivity index (χ0) is 14.9. The number of benzene rings is 1. The number of halogens is 1. The molecule has 7 heteroatoms. The summed E-state index contributed by atoms with van der Waals surface area (Å²) >= 11 is 0. The molecule has 108 valence electrons. The van der Waals surface area contributed by atoms with Gasteiger partial charge in [0.15, 0.2) is 12.1 Å². The minimum atomic E-state index is -0.721. The molecule has 20 heavy (non-hydrogen) atoms. The largest absolute Gasteiger partial charge is 0.372 e. The van der Waals surface area contributed by atoms with Crippen LogP contribution >= 0.6 is 0 Å². The Balaban J connectivity index is 2.45. The van der Waals surface area contributed by atoms with Gasteiger partial charge < -0.3 is 9.64 Å². The Labute approximate surface area is 115 Å². The molecule has 1 fully saturated rings. The molecule has 1 aromatic rings. The van der Waals surface area contributed by atoms with E-state index in [1.165, 1.54) is 0 Å². The van der Waals surface area contributed by atoms with Gasteiger partial charge in [0.25, 0.3) is 4.92 Å². The SMILES string of the molecule is C[C@@H]1CN(c2c(F)cc([N+](=O)O)cc2C=O)C[C@H](C)O1. The molecule has 1 N–H and O–H groups in total. The molecule has 2 rings (SSSR count). The third-order valence-corrected chi connectivity index (χ3v) is 3.16. The molecule has 0 unspecified atom stereocenters. The molecular weight excluding hydrogens is 267 g/mol. The third kappa shape index (κ3) is 2.77. The normalized spacial score (nSPS) is 22.6. The first-order valence-corrected chi connectivity index (χ1v) is 6.27. The van der Waals surface area contributed by atoms with Gasteiger partial charge in [-0.25, -0.2) is 9.60 Å². The van der Waals surface area contributed by atoms with Crippen molar-refractivity contribution < 1.29 is 24.1 Å². The average Bonchev–Trinajstić information content (AvgIpc) is 2.36. The predicted octanol–water partition coefficient (Wildman–Crippen LogP) is 2.05. The van der Waals surface area contributed by atoms with E-state index in [1.807, 2.05) is 13.8 Å². The summed E-state index contributed by atoms with van der Waals surface area (Å²) in [5, 5.41) is 8.82. The van der Waals surface area contributed by atoms with Gasteiger partial charge in [-0.2, -0.15) is 0 Å². The molecular formula is C13H16FN2O4+. The highest BCUT2D eigenvalue weighted by molar-refractivity contribution is 5.86. The van der Waals surface area contributed by atoms with Crippen LogP contribution in [0, 0.1) is 10.7 Å². The molecule has 0 amide bonds. The second kappa shape index (κ2) is 5.54. The average molecular weight is 283 g/mol. The first kappa shape index (κ1) is 14.4. The Hall–Kier alpha value is -2.02. The van der Waals surface area contributed by atoms with Crippen LogP contribution in [0.5, 0.6) is 0 Å². The maximum absolute atomic E-state index is 14.2. The molecule has 1 saturated heterocycles. The standard InChI is InChI=1S/C13H16FN2O4/c1-8-5-15(6-9(2)20-8)13-10(7-17)3-11(16(18)19)4-12(13)14/h3-4,7-9H,5-6H2,1-2H3,(H,18,19)/q+1/t8-,9+. The first-order chi connectivity index (χ1) is 9.42. The van der Waals surface area contributed by atoms with E-state index in [4.69, 9.17) is 9.94 Å². The van der Waals surface area contributed by atoms with Crippen molar-refractivity contribution in [3.05, 3.63) is 28.4 Å². The zero-order valence-corrected chi connectivity index (χ0v) is 11.2. The van der Waals surface area contributed by atoms with Gasteiger partial charge in [0.2, 0.25) is 0 Å². The number of anilines is 1. The van der Waals surface area contributed by atoms with Crippen molar-refractivity contribution in [1.29, 1.82) is 0 Å². The number of rotatable bonds is 3. The van der Waals surface area contributed by atoms with Gasteiger partial charge in [-0.3, -0.25) is 4.79 Å².